The Morgan fingerprint density at radius 3 is 2.68 bits per heavy atom. The van der Waals surface area contributed by atoms with Gasteiger partial charge in [-0.3, -0.25) is 0 Å². The van der Waals surface area contributed by atoms with E-state index in [0.29, 0.717) is 49.2 Å². The summed E-state index contributed by atoms with van der Waals surface area (Å²) in [6, 6.07) is 3.28. The van der Waals surface area contributed by atoms with Crippen molar-refractivity contribution in [3.8, 4) is 11.5 Å². The van der Waals surface area contributed by atoms with E-state index in [1.165, 1.54) is 7.11 Å². The Labute approximate surface area is 118 Å². The zero-order valence-electron chi connectivity index (χ0n) is 11.2. The maximum Gasteiger partial charge on any atom is 0.162 e. The van der Waals surface area contributed by atoms with Gasteiger partial charge >= 0.3 is 0 Å². The number of phenols is 1. The minimum atomic E-state index is 0.111. The zero-order chi connectivity index (χ0) is 14.1. The van der Waals surface area contributed by atoms with Gasteiger partial charge in [-0.05, 0) is 6.07 Å². The third-order valence-electron chi connectivity index (χ3n) is 2.51. The van der Waals surface area contributed by atoms with E-state index in [4.69, 9.17) is 25.8 Å². The molecule has 108 valence electrons. The van der Waals surface area contributed by atoms with Gasteiger partial charge in [-0.25, -0.2) is 0 Å². The first kappa shape index (κ1) is 16.0. The molecule has 0 atom stereocenters. The van der Waals surface area contributed by atoms with Gasteiger partial charge < -0.3 is 24.6 Å². The highest BCUT2D eigenvalue weighted by Gasteiger charge is 2.09. The molecule has 19 heavy (non-hydrogen) atoms. The molecule has 1 rings (SSSR count). The van der Waals surface area contributed by atoms with Crippen LogP contribution in [0.5, 0.6) is 11.5 Å². The summed E-state index contributed by atoms with van der Waals surface area (Å²) in [6.45, 7) is 2.93. The fraction of sp³-hybridized carbons (Fsp3) is 0.538. The molecule has 0 aliphatic rings. The molecule has 0 saturated heterocycles. The summed E-state index contributed by atoms with van der Waals surface area (Å²) < 4.78 is 15.2. The van der Waals surface area contributed by atoms with Crippen LogP contribution in [0.2, 0.25) is 5.02 Å². The Bertz CT molecular complexity index is 387. The predicted octanol–water partition coefficient (Wildman–Crippen LogP) is 1.81. The molecular weight excluding hydrogens is 270 g/mol. The molecule has 0 aliphatic carbocycles. The standard InChI is InChI=1S/C13H20ClNO4/c1-17-5-6-19-4-3-15-9-10-7-11(14)8-12(18-2)13(10)16/h7-8,15-16H,3-6,9H2,1-2H3. The van der Waals surface area contributed by atoms with Crippen LogP contribution in [-0.2, 0) is 16.0 Å². The highest BCUT2D eigenvalue weighted by molar-refractivity contribution is 6.30. The molecule has 1 aromatic carbocycles. The second-order valence-electron chi connectivity index (χ2n) is 3.90. The monoisotopic (exact) mass is 289 g/mol. The largest absolute Gasteiger partial charge is 0.504 e. The van der Waals surface area contributed by atoms with Crippen molar-refractivity contribution in [2.45, 2.75) is 6.54 Å². The summed E-state index contributed by atoms with van der Waals surface area (Å²) in [5.41, 5.74) is 0.696. The molecule has 0 aromatic heterocycles. The number of aromatic hydroxyl groups is 1. The Morgan fingerprint density at radius 2 is 2.00 bits per heavy atom. The average Bonchev–Trinajstić information content (AvgIpc) is 2.41. The molecule has 0 saturated carbocycles. The average molecular weight is 290 g/mol. The SMILES string of the molecule is COCCOCCNCc1cc(Cl)cc(OC)c1O. The second-order valence-corrected chi connectivity index (χ2v) is 4.33. The number of hydrogen-bond acceptors (Lipinski definition) is 5. The van der Waals surface area contributed by atoms with Gasteiger partial charge in [0.25, 0.3) is 0 Å². The van der Waals surface area contributed by atoms with Gasteiger partial charge in [0.15, 0.2) is 11.5 Å². The van der Waals surface area contributed by atoms with E-state index in [0.717, 1.165) is 0 Å². The molecule has 0 unspecified atom stereocenters. The molecular formula is C13H20ClNO4. The number of ether oxygens (including phenoxy) is 3. The van der Waals surface area contributed by atoms with Crippen LogP contribution in [0.4, 0.5) is 0 Å². The van der Waals surface area contributed by atoms with Gasteiger partial charge in [0, 0.05) is 36.9 Å². The van der Waals surface area contributed by atoms with E-state index >= 15 is 0 Å². The van der Waals surface area contributed by atoms with E-state index in [-0.39, 0.29) is 5.75 Å². The van der Waals surface area contributed by atoms with E-state index in [2.05, 4.69) is 5.32 Å². The Morgan fingerprint density at radius 1 is 1.21 bits per heavy atom. The summed E-state index contributed by atoms with van der Waals surface area (Å²) in [6.07, 6.45) is 0. The van der Waals surface area contributed by atoms with E-state index in [9.17, 15) is 5.11 Å². The molecule has 6 heteroatoms. The lowest BCUT2D eigenvalue weighted by molar-refractivity contribution is 0.0719. The van der Waals surface area contributed by atoms with Gasteiger partial charge in [0.1, 0.15) is 0 Å². The summed E-state index contributed by atoms with van der Waals surface area (Å²) in [5, 5.41) is 13.6. The van der Waals surface area contributed by atoms with Crippen molar-refractivity contribution in [2.75, 3.05) is 40.6 Å². The van der Waals surface area contributed by atoms with Crippen molar-refractivity contribution >= 4 is 11.6 Å². The van der Waals surface area contributed by atoms with Crippen LogP contribution in [0.25, 0.3) is 0 Å². The van der Waals surface area contributed by atoms with E-state index < -0.39 is 0 Å². The molecule has 2 N–H and O–H groups in total. The van der Waals surface area contributed by atoms with Gasteiger partial charge in [-0.2, -0.15) is 0 Å². The lowest BCUT2D eigenvalue weighted by Crippen LogP contribution is -2.20. The minimum absolute atomic E-state index is 0.111. The summed E-state index contributed by atoms with van der Waals surface area (Å²) in [4.78, 5) is 0. The van der Waals surface area contributed by atoms with E-state index in [1.54, 1.807) is 19.2 Å². The molecule has 1 aromatic rings. The predicted molar refractivity (Wildman–Crippen MR) is 74.1 cm³/mol. The van der Waals surface area contributed by atoms with Crippen molar-refractivity contribution in [3.05, 3.63) is 22.7 Å². The molecule has 0 fully saturated rings. The Hall–Kier alpha value is -1.01. The van der Waals surface area contributed by atoms with Crippen molar-refractivity contribution in [1.82, 2.24) is 5.32 Å². The molecule has 0 spiro atoms. The van der Waals surface area contributed by atoms with Crippen LogP contribution in [0.15, 0.2) is 12.1 Å². The van der Waals surface area contributed by atoms with Gasteiger partial charge in [0.2, 0.25) is 0 Å². The normalized spacial score (nSPS) is 10.7. The third kappa shape index (κ3) is 5.65. The van der Waals surface area contributed by atoms with Gasteiger partial charge in [0.05, 0.1) is 26.9 Å². The maximum absolute atomic E-state index is 9.91. The number of nitrogens with one attached hydrogen (secondary N) is 1. The molecule has 0 aliphatic heterocycles. The van der Waals surface area contributed by atoms with Gasteiger partial charge in [-0.15, -0.1) is 0 Å². The van der Waals surface area contributed by atoms with Crippen molar-refractivity contribution in [1.29, 1.82) is 0 Å². The first-order chi connectivity index (χ1) is 9.19. The number of halogens is 1. The van der Waals surface area contributed by atoms with Gasteiger partial charge in [-0.1, -0.05) is 11.6 Å². The number of methoxy groups -OCH3 is 2. The fourth-order valence-corrected chi connectivity index (χ4v) is 1.76. The summed E-state index contributed by atoms with van der Waals surface area (Å²) in [5.74, 6) is 0.486. The second kappa shape index (κ2) is 8.98. The Balaban J connectivity index is 2.35. The minimum Gasteiger partial charge on any atom is -0.504 e. The first-order valence-corrected chi connectivity index (χ1v) is 6.39. The molecule has 0 amide bonds. The highest BCUT2D eigenvalue weighted by atomic mass is 35.5. The van der Waals surface area contributed by atoms with Crippen LogP contribution in [0.1, 0.15) is 5.56 Å². The fourth-order valence-electron chi connectivity index (χ4n) is 1.53. The lowest BCUT2D eigenvalue weighted by Gasteiger charge is -2.11. The van der Waals surface area contributed by atoms with Crippen molar-refractivity contribution in [3.63, 3.8) is 0 Å². The summed E-state index contributed by atoms with van der Waals surface area (Å²) in [7, 11) is 3.13. The van der Waals surface area contributed by atoms with Crippen LogP contribution >= 0.6 is 11.6 Å². The number of phenolic OH excluding ortho intramolecular Hbond substituents is 1. The number of benzene rings is 1. The van der Waals surface area contributed by atoms with Crippen LogP contribution in [0.3, 0.4) is 0 Å². The van der Waals surface area contributed by atoms with Crippen molar-refractivity contribution < 1.29 is 19.3 Å². The van der Waals surface area contributed by atoms with Crippen LogP contribution in [0, 0.1) is 0 Å². The molecule has 0 heterocycles. The van der Waals surface area contributed by atoms with Crippen LogP contribution < -0.4 is 10.1 Å². The molecule has 5 nitrogen and oxygen atoms in total. The Kier molecular flexibility index (Phi) is 7.59. The summed E-state index contributed by atoms with van der Waals surface area (Å²) >= 11 is 5.94. The topological polar surface area (TPSA) is 60.0 Å². The molecule has 0 bridgehead atoms. The molecule has 0 radical (unpaired) electrons. The van der Waals surface area contributed by atoms with Crippen LogP contribution in [-0.4, -0.2) is 45.7 Å². The third-order valence-corrected chi connectivity index (χ3v) is 2.73. The van der Waals surface area contributed by atoms with Crippen molar-refractivity contribution in [2.24, 2.45) is 0 Å². The first-order valence-electron chi connectivity index (χ1n) is 6.01. The zero-order valence-corrected chi connectivity index (χ0v) is 12.0. The smallest absolute Gasteiger partial charge is 0.162 e. The van der Waals surface area contributed by atoms with E-state index in [1.807, 2.05) is 0 Å². The number of hydrogen-bond donors (Lipinski definition) is 2. The maximum atomic E-state index is 9.91. The number of rotatable bonds is 9. The highest BCUT2D eigenvalue weighted by Crippen LogP contribution is 2.33. The lowest BCUT2D eigenvalue weighted by atomic mass is 10.2. The quantitative estimate of drug-likeness (QED) is 0.679.